The highest BCUT2D eigenvalue weighted by Crippen LogP contribution is 2.63. The van der Waals surface area contributed by atoms with Crippen molar-refractivity contribution in [1.82, 2.24) is 4.90 Å². The summed E-state index contributed by atoms with van der Waals surface area (Å²) in [7, 11) is 1.86. The van der Waals surface area contributed by atoms with Gasteiger partial charge in [0.15, 0.2) is 0 Å². The molecule has 3 aliphatic rings. The molecule has 0 saturated heterocycles. The first-order valence-electron chi connectivity index (χ1n) is 16.1. The number of fused-ring (bicyclic) bond motifs is 5. The van der Waals surface area contributed by atoms with Gasteiger partial charge in [0, 0.05) is 6.42 Å². The van der Waals surface area contributed by atoms with Crippen LogP contribution in [0.15, 0.2) is 18.2 Å². The van der Waals surface area contributed by atoms with Crippen molar-refractivity contribution in [1.29, 1.82) is 0 Å². The summed E-state index contributed by atoms with van der Waals surface area (Å²) in [5.41, 5.74) is 2.22. The molecule has 0 aromatic heterocycles. The van der Waals surface area contributed by atoms with E-state index in [-0.39, 0.29) is 29.6 Å². The second-order valence-corrected chi connectivity index (χ2v) is 14.0. The maximum atomic E-state index is 15.5. The molecule has 1 aromatic rings. The Morgan fingerprint density at radius 1 is 0.955 bits per heavy atom. The van der Waals surface area contributed by atoms with Crippen molar-refractivity contribution in [2.75, 3.05) is 20.1 Å². The minimum absolute atomic E-state index is 0.117. The summed E-state index contributed by atoms with van der Waals surface area (Å²) in [6.45, 7) is 3.40. The van der Waals surface area contributed by atoms with Gasteiger partial charge in [-0.25, -0.2) is 4.39 Å². The first kappa shape index (κ1) is 35.2. The Labute approximate surface area is 255 Å². The molecular formula is C33H47F8NO2. The van der Waals surface area contributed by atoms with Gasteiger partial charge in [-0.2, -0.15) is 30.7 Å². The van der Waals surface area contributed by atoms with Crippen molar-refractivity contribution >= 4 is 0 Å². The Morgan fingerprint density at radius 3 is 2.34 bits per heavy atom. The number of aliphatic hydroxyl groups excluding tert-OH is 1. The quantitative estimate of drug-likeness (QED) is 0.157. The molecule has 2 saturated carbocycles. The van der Waals surface area contributed by atoms with Gasteiger partial charge in [0.1, 0.15) is 11.9 Å². The van der Waals surface area contributed by atoms with Crippen LogP contribution in [0.2, 0.25) is 0 Å². The van der Waals surface area contributed by atoms with Gasteiger partial charge < -0.3 is 15.1 Å². The molecule has 2 N–H and O–H groups in total. The summed E-state index contributed by atoms with van der Waals surface area (Å²) >= 11 is 0. The van der Waals surface area contributed by atoms with E-state index < -0.39 is 37.0 Å². The molecule has 0 bridgehead atoms. The molecule has 7 atom stereocenters. The van der Waals surface area contributed by atoms with E-state index in [1.54, 1.807) is 6.07 Å². The zero-order chi connectivity index (χ0) is 32.5. The van der Waals surface area contributed by atoms with E-state index in [4.69, 9.17) is 0 Å². The topological polar surface area (TPSA) is 43.7 Å². The third-order valence-electron chi connectivity index (χ3n) is 11.0. The number of phenolic OH excluding ortho intramolecular Hbond substituents is 1. The lowest BCUT2D eigenvalue weighted by Crippen LogP contribution is -2.51. The first-order valence-corrected chi connectivity index (χ1v) is 16.1. The summed E-state index contributed by atoms with van der Waals surface area (Å²) in [5.74, 6) is -9.89. The van der Waals surface area contributed by atoms with Crippen LogP contribution in [-0.4, -0.2) is 65.5 Å². The van der Waals surface area contributed by atoms with Gasteiger partial charge in [-0.3, -0.25) is 0 Å². The number of rotatable bonds is 14. The van der Waals surface area contributed by atoms with Gasteiger partial charge in [0.25, 0.3) is 0 Å². The zero-order valence-corrected chi connectivity index (χ0v) is 25.7. The molecule has 0 heterocycles. The fourth-order valence-electron chi connectivity index (χ4n) is 8.56. The van der Waals surface area contributed by atoms with Crippen molar-refractivity contribution < 1.29 is 45.3 Å². The molecule has 0 radical (unpaired) electrons. The molecule has 3 nitrogen and oxygen atoms in total. The Balaban J connectivity index is 1.21. The van der Waals surface area contributed by atoms with Crippen LogP contribution < -0.4 is 0 Å². The Bertz CT molecular complexity index is 1100. The van der Waals surface area contributed by atoms with Gasteiger partial charge in [-0.1, -0.05) is 25.8 Å². The fourth-order valence-corrected chi connectivity index (χ4v) is 8.56. The lowest BCUT2D eigenvalue weighted by Gasteiger charge is -2.53. The van der Waals surface area contributed by atoms with Gasteiger partial charge in [0.05, 0.1) is 6.10 Å². The van der Waals surface area contributed by atoms with Crippen LogP contribution in [-0.2, 0) is 6.42 Å². The summed E-state index contributed by atoms with van der Waals surface area (Å²) in [4.78, 5) is 1.99. The number of aromatic hydroxyl groups is 1. The van der Waals surface area contributed by atoms with Gasteiger partial charge in [-0.05, 0) is 137 Å². The molecule has 3 aliphatic carbocycles. The number of halogens is 8. The molecule has 1 aromatic carbocycles. The highest BCUT2D eigenvalue weighted by molar-refractivity contribution is 5.40. The molecule has 11 heteroatoms. The number of benzene rings is 1. The van der Waals surface area contributed by atoms with Crippen LogP contribution in [0, 0.1) is 23.2 Å². The average molecular weight is 642 g/mol. The Kier molecular flexibility index (Phi) is 10.9. The van der Waals surface area contributed by atoms with E-state index in [1.807, 2.05) is 24.1 Å². The molecule has 0 aliphatic heterocycles. The second-order valence-electron chi connectivity index (χ2n) is 14.0. The van der Waals surface area contributed by atoms with Gasteiger partial charge in [0.2, 0.25) is 0 Å². The third-order valence-corrected chi connectivity index (χ3v) is 11.0. The van der Waals surface area contributed by atoms with E-state index in [9.17, 15) is 40.9 Å². The molecule has 0 spiro atoms. The van der Waals surface area contributed by atoms with E-state index in [0.717, 1.165) is 31.2 Å². The predicted molar refractivity (Wildman–Crippen MR) is 153 cm³/mol. The van der Waals surface area contributed by atoms with Crippen molar-refractivity contribution in [2.45, 2.75) is 127 Å². The van der Waals surface area contributed by atoms with E-state index in [0.29, 0.717) is 69.4 Å². The number of alkyl halides is 8. The minimum atomic E-state index is -6.29. The highest BCUT2D eigenvalue weighted by atomic mass is 19.4. The lowest BCUT2D eigenvalue weighted by atomic mass is 9.52. The van der Waals surface area contributed by atoms with Crippen LogP contribution >= 0.6 is 0 Å². The minimum Gasteiger partial charge on any atom is -0.508 e. The largest absolute Gasteiger partial charge is 0.508 e. The first-order chi connectivity index (χ1) is 20.5. The number of aliphatic hydroxyl groups is 1. The number of hydrogen-bond donors (Lipinski definition) is 2. The maximum absolute atomic E-state index is 15.5. The number of phenols is 1. The molecule has 2 fully saturated rings. The zero-order valence-electron chi connectivity index (χ0n) is 25.7. The van der Waals surface area contributed by atoms with E-state index in [1.165, 1.54) is 5.56 Å². The molecule has 1 unspecified atom stereocenters. The third kappa shape index (κ3) is 7.34. The van der Waals surface area contributed by atoms with Crippen LogP contribution in [0.4, 0.5) is 35.1 Å². The van der Waals surface area contributed by atoms with Gasteiger partial charge in [-0.15, -0.1) is 0 Å². The fraction of sp³-hybridized carbons (Fsp3) is 0.818. The second kappa shape index (κ2) is 13.6. The smallest absolute Gasteiger partial charge is 0.459 e. The van der Waals surface area contributed by atoms with E-state index >= 15 is 4.39 Å². The van der Waals surface area contributed by atoms with Crippen molar-refractivity contribution in [3.8, 4) is 5.75 Å². The Morgan fingerprint density at radius 2 is 1.64 bits per heavy atom. The number of hydrogen-bond acceptors (Lipinski definition) is 3. The molecule has 44 heavy (non-hydrogen) atoms. The van der Waals surface area contributed by atoms with E-state index in [2.05, 4.69) is 6.92 Å². The normalized spacial score (nSPS) is 29.8. The lowest BCUT2D eigenvalue weighted by molar-refractivity contribution is -0.355. The van der Waals surface area contributed by atoms with Crippen molar-refractivity contribution in [2.24, 2.45) is 23.2 Å². The summed E-state index contributed by atoms with van der Waals surface area (Å²) in [5, 5.41) is 21.0. The highest BCUT2D eigenvalue weighted by Gasteiger charge is 2.72. The predicted octanol–water partition coefficient (Wildman–Crippen LogP) is 9.06. The van der Waals surface area contributed by atoms with Gasteiger partial charge >= 0.3 is 18.0 Å². The molecule has 252 valence electrons. The standard InChI is InChI=1S/C33H47F8NO2/c1-30-15-13-26-25-10-9-24(43)20-21(25)18-22(29(26)27(30)11-12-28(30)44)19-23(34)8-7-17-42(2)16-6-4-3-5-14-31(35,36)32(37,38)33(39,40)41/h9-10,20,22-23,26-29,43-44H,3-8,11-19H2,1-2H3/t22-,23?,26+,27-,28-,29+,30-/m0/s1. The van der Waals surface area contributed by atoms with Crippen LogP contribution in [0.25, 0.3) is 0 Å². The SMILES string of the molecule is CN(CCCCCCC(F)(F)C(F)(F)C(F)(F)F)CCCC(F)C[C@@H]1Cc2cc(O)ccc2[C@H]2CC[C@]3(C)[C@@H](O)CC[C@H]3[C@H]12. The number of unbranched alkanes of at least 4 members (excludes halogenated alkanes) is 3. The Hall–Kier alpha value is -1.62. The van der Waals surface area contributed by atoms with Crippen molar-refractivity contribution in [3.05, 3.63) is 29.3 Å². The van der Waals surface area contributed by atoms with Crippen LogP contribution in [0.5, 0.6) is 5.75 Å². The molecular weight excluding hydrogens is 594 g/mol. The number of nitrogens with zero attached hydrogens (tertiary/aromatic N) is 1. The summed E-state index contributed by atoms with van der Waals surface area (Å²) < 4.78 is 105. The van der Waals surface area contributed by atoms with Crippen LogP contribution in [0.1, 0.15) is 101 Å². The summed E-state index contributed by atoms with van der Waals surface area (Å²) in [6.07, 6.45) is -2.68. The molecule has 4 rings (SSSR count). The molecule has 0 amide bonds. The summed E-state index contributed by atoms with van der Waals surface area (Å²) in [6, 6.07) is 5.58. The van der Waals surface area contributed by atoms with Crippen molar-refractivity contribution in [3.63, 3.8) is 0 Å². The maximum Gasteiger partial charge on any atom is 0.459 e. The monoisotopic (exact) mass is 641 g/mol. The van der Waals surface area contributed by atoms with Crippen LogP contribution in [0.3, 0.4) is 0 Å². The average Bonchev–Trinajstić information content (AvgIpc) is 3.23.